The van der Waals surface area contributed by atoms with Gasteiger partial charge in [-0.15, -0.1) is 0 Å². The van der Waals surface area contributed by atoms with E-state index in [0.717, 1.165) is 5.56 Å². The molecule has 1 rings (SSSR count). The lowest BCUT2D eigenvalue weighted by Crippen LogP contribution is -2.32. The average molecular weight is 307 g/mol. The third kappa shape index (κ3) is 6.82. The maximum atomic E-state index is 11.4. The van der Waals surface area contributed by atoms with Crippen molar-refractivity contribution < 1.29 is 9.53 Å². The molecule has 4 nitrogen and oxygen atoms in total. The zero-order chi connectivity index (χ0) is 15.9. The molecular weight excluding hydrogens is 288 g/mol. The Bertz CT molecular complexity index is 569. The van der Waals surface area contributed by atoms with Crippen LogP contribution < -0.4 is 5.32 Å². The van der Waals surface area contributed by atoms with Crippen LogP contribution in [0.4, 0.5) is 4.79 Å². The summed E-state index contributed by atoms with van der Waals surface area (Å²) in [6, 6.07) is 7.28. The van der Waals surface area contributed by atoms with Crippen LogP contribution in [0.25, 0.3) is 6.08 Å². The first-order chi connectivity index (χ1) is 9.81. The fourth-order valence-electron chi connectivity index (χ4n) is 1.52. The second kappa shape index (κ2) is 7.70. The number of rotatable bonds is 4. The number of carbonyl (C=O) groups excluding carboxylic acids is 1. The summed E-state index contributed by atoms with van der Waals surface area (Å²) in [7, 11) is 0. The Hall–Kier alpha value is -1.99. The first kappa shape index (κ1) is 17.1. The number of alkyl carbamates (subject to hydrolysis) is 1. The Balaban J connectivity index is 2.39. The Morgan fingerprint density at radius 3 is 2.81 bits per heavy atom. The van der Waals surface area contributed by atoms with Crippen LogP contribution in [-0.2, 0) is 4.74 Å². The van der Waals surface area contributed by atoms with E-state index < -0.39 is 11.7 Å². The second-order valence-electron chi connectivity index (χ2n) is 5.47. The van der Waals surface area contributed by atoms with E-state index in [2.05, 4.69) is 5.32 Å². The van der Waals surface area contributed by atoms with Gasteiger partial charge in [-0.1, -0.05) is 29.8 Å². The van der Waals surface area contributed by atoms with Gasteiger partial charge < -0.3 is 10.1 Å². The maximum Gasteiger partial charge on any atom is 0.407 e. The predicted molar refractivity (Wildman–Crippen MR) is 84.1 cm³/mol. The number of amides is 1. The number of ether oxygens (including phenoxy) is 1. The third-order valence-corrected chi connectivity index (χ3v) is 2.73. The minimum atomic E-state index is -0.489. The fourth-order valence-corrected chi connectivity index (χ4v) is 1.68. The van der Waals surface area contributed by atoms with E-state index in [0.29, 0.717) is 23.6 Å². The minimum absolute atomic E-state index is 0.422. The number of halogens is 1. The van der Waals surface area contributed by atoms with Gasteiger partial charge in [0.05, 0.1) is 10.6 Å². The number of hydrogen-bond donors (Lipinski definition) is 1. The zero-order valence-electron chi connectivity index (χ0n) is 12.4. The molecule has 1 aromatic rings. The van der Waals surface area contributed by atoms with Crippen molar-refractivity contribution in [3.63, 3.8) is 0 Å². The summed E-state index contributed by atoms with van der Waals surface area (Å²) in [5, 5.41) is 12.0. The molecule has 0 spiro atoms. The summed E-state index contributed by atoms with van der Waals surface area (Å²) < 4.78 is 5.12. The van der Waals surface area contributed by atoms with E-state index in [1.807, 2.05) is 45.1 Å². The van der Waals surface area contributed by atoms with Gasteiger partial charge in [-0.05, 0) is 44.9 Å². The Morgan fingerprint density at radius 1 is 1.48 bits per heavy atom. The van der Waals surface area contributed by atoms with Crippen LogP contribution in [0.5, 0.6) is 0 Å². The highest BCUT2D eigenvalue weighted by Crippen LogP contribution is 2.17. The standard InChI is InChI=1S/C16H19ClN2O2/c1-16(2,3)21-15(20)19-9-5-4-6-12-7-8-14(17)13(10-12)11-18/h4,6-8,10H,5,9H2,1-3H3,(H,19,20). The minimum Gasteiger partial charge on any atom is -0.444 e. The quantitative estimate of drug-likeness (QED) is 0.850. The highest BCUT2D eigenvalue weighted by Gasteiger charge is 2.15. The molecule has 0 saturated heterocycles. The number of hydrogen-bond acceptors (Lipinski definition) is 3. The van der Waals surface area contributed by atoms with Crippen molar-refractivity contribution >= 4 is 23.8 Å². The van der Waals surface area contributed by atoms with Gasteiger partial charge in [-0.2, -0.15) is 5.26 Å². The number of carbonyl (C=O) groups is 1. The molecule has 0 heterocycles. The van der Waals surface area contributed by atoms with E-state index in [-0.39, 0.29) is 0 Å². The van der Waals surface area contributed by atoms with E-state index >= 15 is 0 Å². The summed E-state index contributed by atoms with van der Waals surface area (Å²) >= 11 is 5.86. The molecule has 0 saturated carbocycles. The average Bonchev–Trinajstić information content (AvgIpc) is 2.38. The summed E-state index contributed by atoms with van der Waals surface area (Å²) in [5.41, 5.74) is 0.857. The zero-order valence-corrected chi connectivity index (χ0v) is 13.2. The van der Waals surface area contributed by atoms with Crippen LogP contribution in [0, 0.1) is 11.3 Å². The van der Waals surface area contributed by atoms with Crippen molar-refractivity contribution in [2.24, 2.45) is 0 Å². The summed E-state index contributed by atoms with van der Waals surface area (Å²) in [6.07, 6.45) is 4.05. The van der Waals surface area contributed by atoms with Crippen molar-refractivity contribution in [1.29, 1.82) is 5.26 Å². The number of benzene rings is 1. The molecule has 0 aromatic heterocycles. The lowest BCUT2D eigenvalue weighted by Gasteiger charge is -2.19. The maximum absolute atomic E-state index is 11.4. The first-order valence-electron chi connectivity index (χ1n) is 6.65. The highest BCUT2D eigenvalue weighted by molar-refractivity contribution is 6.31. The van der Waals surface area contributed by atoms with Gasteiger partial charge in [0, 0.05) is 6.54 Å². The van der Waals surface area contributed by atoms with E-state index in [4.69, 9.17) is 21.6 Å². The number of nitriles is 1. The number of nitrogens with one attached hydrogen (secondary N) is 1. The highest BCUT2D eigenvalue weighted by atomic mass is 35.5. The lowest BCUT2D eigenvalue weighted by molar-refractivity contribution is 0.0529. The van der Waals surface area contributed by atoms with Crippen LogP contribution in [0.3, 0.4) is 0 Å². The van der Waals surface area contributed by atoms with E-state index in [1.165, 1.54) is 0 Å². The Kier molecular flexibility index (Phi) is 6.26. The topological polar surface area (TPSA) is 62.1 Å². The van der Waals surface area contributed by atoms with Crippen LogP contribution >= 0.6 is 11.6 Å². The van der Waals surface area contributed by atoms with Gasteiger partial charge >= 0.3 is 6.09 Å². The van der Waals surface area contributed by atoms with Crippen molar-refractivity contribution in [3.8, 4) is 6.07 Å². The lowest BCUT2D eigenvalue weighted by atomic mass is 10.1. The monoisotopic (exact) mass is 306 g/mol. The molecule has 0 aliphatic rings. The molecule has 1 aromatic carbocycles. The molecule has 5 heteroatoms. The Morgan fingerprint density at radius 2 is 2.19 bits per heavy atom. The van der Waals surface area contributed by atoms with Gasteiger partial charge in [0.15, 0.2) is 0 Å². The second-order valence-corrected chi connectivity index (χ2v) is 5.88. The molecule has 21 heavy (non-hydrogen) atoms. The van der Waals surface area contributed by atoms with Crippen molar-refractivity contribution in [2.45, 2.75) is 32.8 Å². The van der Waals surface area contributed by atoms with Crippen LogP contribution in [0.2, 0.25) is 5.02 Å². The molecule has 0 aliphatic carbocycles. The van der Waals surface area contributed by atoms with Crippen molar-refractivity contribution in [3.05, 3.63) is 40.4 Å². The van der Waals surface area contributed by atoms with Crippen molar-refractivity contribution in [1.82, 2.24) is 5.32 Å². The number of nitrogens with zero attached hydrogens (tertiary/aromatic N) is 1. The molecule has 0 radical (unpaired) electrons. The van der Waals surface area contributed by atoms with Gasteiger partial charge in [0.25, 0.3) is 0 Å². The normalized spacial score (nSPS) is 11.2. The molecule has 112 valence electrons. The van der Waals surface area contributed by atoms with Crippen LogP contribution in [0.15, 0.2) is 24.3 Å². The molecule has 0 aliphatic heterocycles. The van der Waals surface area contributed by atoms with Crippen LogP contribution in [0.1, 0.15) is 38.3 Å². The first-order valence-corrected chi connectivity index (χ1v) is 7.02. The fraction of sp³-hybridized carbons (Fsp3) is 0.375. The summed E-state index contributed by atoms with van der Waals surface area (Å²) in [5.74, 6) is 0. The van der Waals surface area contributed by atoms with Crippen LogP contribution in [-0.4, -0.2) is 18.2 Å². The molecule has 0 bridgehead atoms. The van der Waals surface area contributed by atoms with Gasteiger partial charge in [-0.25, -0.2) is 4.79 Å². The molecule has 0 unspecified atom stereocenters. The van der Waals surface area contributed by atoms with E-state index in [9.17, 15) is 4.79 Å². The molecule has 1 amide bonds. The molecule has 0 atom stereocenters. The largest absolute Gasteiger partial charge is 0.444 e. The van der Waals surface area contributed by atoms with Crippen molar-refractivity contribution in [2.75, 3.05) is 6.54 Å². The van der Waals surface area contributed by atoms with Gasteiger partial charge in [-0.3, -0.25) is 0 Å². The Labute approximate surface area is 130 Å². The molecule has 0 fully saturated rings. The smallest absolute Gasteiger partial charge is 0.407 e. The SMILES string of the molecule is CC(C)(C)OC(=O)NCCC=Cc1ccc(Cl)c(C#N)c1. The summed E-state index contributed by atoms with van der Waals surface area (Å²) in [4.78, 5) is 11.4. The molecular formula is C16H19ClN2O2. The van der Waals surface area contributed by atoms with Gasteiger partial charge in [0.2, 0.25) is 0 Å². The predicted octanol–water partition coefficient (Wildman–Crippen LogP) is 4.14. The third-order valence-electron chi connectivity index (χ3n) is 2.40. The summed E-state index contributed by atoms with van der Waals surface area (Å²) in [6.45, 7) is 5.95. The van der Waals surface area contributed by atoms with Gasteiger partial charge in [0.1, 0.15) is 11.7 Å². The van der Waals surface area contributed by atoms with E-state index in [1.54, 1.807) is 12.1 Å². The molecule has 1 N–H and O–H groups in total.